The topological polar surface area (TPSA) is 92.4 Å². The molecule has 3 aromatic rings. The Bertz CT molecular complexity index is 968. The van der Waals surface area contributed by atoms with Gasteiger partial charge in [0.1, 0.15) is 5.75 Å². The molecule has 7 nitrogen and oxygen atoms in total. The summed E-state index contributed by atoms with van der Waals surface area (Å²) in [5.74, 6) is 0.924. The van der Waals surface area contributed by atoms with Gasteiger partial charge in [-0.25, -0.2) is 5.43 Å². The molecule has 0 atom stereocenters. The van der Waals surface area contributed by atoms with Crippen molar-refractivity contribution >= 4 is 23.4 Å². The highest BCUT2D eigenvalue weighted by Crippen LogP contribution is 2.23. The number of hydrazone groups is 1. The fourth-order valence-electron chi connectivity index (χ4n) is 2.56. The van der Waals surface area contributed by atoms with Gasteiger partial charge in [0.15, 0.2) is 11.0 Å². The first-order valence-electron chi connectivity index (χ1n) is 8.82. The Balaban J connectivity index is 1.61. The molecule has 0 unspecified atom stereocenters. The van der Waals surface area contributed by atoms with Crippen molar-refractivity contribution in [1.29, 1.82) is 0 Å². The summed E-state index contributed by atoms with van der Waals surface area (Å²) in [6.45, 7) is 4.52. The number of phenolic OH excluding ortho intramolecular Hbond substituents is 1. The highest BCUT2D eigenvalue weighted by atomic mass is 32.2. The molecular formula is C20H21N5O2S. The van der Waals surface area contributed by atoms with Crippen molar-refractivity contribution in [1.82, 2.24) is 20.2 Å². The van der Waals surface area contributed by atoms with Gasteiger partial charge in [-0.2, -0.15) is 5.10 Å². The largest absolute Gasteiger partial charge is 0.508 e. The van der Waals surface area contributed by atoms with Gasteiger partial charge >= 0.3 is 0 Å². The first-order chi connectivity index (χ1) is 13.6. The van der Waals surface area contributed by atoms with Gasteiger partial charge in [-0.15, -0.1) is 10.2 Å². The molecule has 1 amide bonds. The number of benzene rings is 2. The van der Waals surface area contributed by atoms with Crippen LogP contribution in [0.25, 0.3) is 11.4 Å². The van der Waals surface area contributed by atoms with Crippen LogP contribution in [0.4, 0.5) is 0 Å². The zero-order valence-electron chi connectivity index (χ0n) is 15.7. The average Bonchev–Trinajstić information content (AvgIpc) is 3.14. The molecule has 0 aliphatic carbocycles. The van der Waals surface area contributed by atoms with Gasteiger partial charge in [0.25, 0.3) is 5.91 Å². The molecule has 2 N–H and O–H groups in total. The zero-order chi connectivity index (χ0) is 19.9. The number of nitrogens with zero attached hydrogens (tertiary/aromatic N) is 4. The van der Waals surface area contributed by atoms with Crippen LogP contribution in [0.2, 0.25) is 0 Å². The molecule has 0 bridgehead atoms. The number of amides is 1. The molecule has 0 fully saturated rings. The molecule has 28 heavy (non-hydrogen) atoms. The highest BCUT2D eigenvalue weighted by molar-refractivity contribution is 7.99. The average molecular weight is 395 g/mol. The van der Waals surface area contributed by atoms with Crippen molar-refractivity contribution in [2.24, 2.45) is 5.10 Å². The summed E-state index contributed by atoms with van der Waals surface area (Å²) in [5, 5.41) is 22.6. The monoisotopic (exact) mass is 395 g/mol. The molecule has 1 aromatic heterocycles. The van der Waals surface area contributed by atoms with Crippen LogP contribution in [0, 0.1) is 0 Å². The van der Waals surface area contributed by atoms with Crippen molar-refractivity contribution in [2.45, 2.75) is 25.5 Å². The van der Waals surface area contributed by atoms with Gasteiger partial charge in [-0.3, -0.25) is 4.79 Å². The van der Waals surface area contributed by atoms with Crippen molar-refractivity contribution in [3.05, 3.63) is 60.2 Å². The molecule has 2 aromatic carbocycles. The molecule has 0 saturated carbocycles. The Labute approximate surface area is 167 Å². The quantitative estimate of drug-likeness (QED) is 0.364. The summed E-state index contributed by atoms with van der Waals surface area (Å²) in [7, 11) is 0. The second-order valence-corrected chi connectivity index (χ2v) is 6.93. The van der Waals surface area contributed by atoms with Gasteiger partial charge in [-0.1, -0.05) is 42.1 Å². The lowest BCUT2D eigenvalue weighted by Gasteiger charge is -2.07. The van der Waals surface area contributed by atoms with Crippen LogP contribution in [-0.4, -0.2) is 37.2 Å². The number of hydrogen-bond acceptors (Lipinski definition) is 6. The second kappa shape index (κ2) is 9.18. The minimum atomic E-state index is -0.227. The number of carbonyl (C=O) groups excluding carboxylic acids is 1. The number of nitrogens with one attached hydrogen (secondary N) is 1. The van der Waals surface area contributed by atoms with Crippen molar-refractivity contribution in [3.63, 3.8) is 0 Å². The highest BCUT2D eigenvalue weighted by Gasteiger charge is 2.14. The van der Waals surface area contributed by atoms with Crippen LogP contribution < -0.4 is 5.43 Å². The van der Waals surface area contributed by atoms with Crippen LogP contribution in [0.5, 0.6) is 5.75 Å². The molecule has 0 saturated heterocycles. The molecular weight excluding hydrogens is 374 g/mol. The normalized spacial score (nSPS) is 11.4. The van der Waals surface area contributed by atoms with E-state index in [1.54, 1.807) is 31.2 Å². The fraction of sp³-hybridized carbons (Fsp3) is 0.200. The van der Waals surface area contributed by atoms with Gasteiger partial charge in [0.05, 0.1) is 11.5 Å². The minimum absolute atomic E-state index is 0.180. The Morgan fingerprint density at radius 3 is 2.54 bits per heavy atom. The fourth-order valence-corrected chi connectivity index (χ4v) is 3.35. The molecule has 144 valence electrons. The van der Waals surface area contributed by atoms with E-state index in [1.807, 2.05) is 41.8 Å². The summed E-state index contributed by atoms with van der Waals surface area (Å²) in [5.41, 5.74) is 5.02. The van der Waals surface area contributed by atoms with Gasteiger partial charge in [0, 0.05) is 12.1 Å². The van der Waals surface area contributed by atoms with E-state index in [4.69, 9.17) is 0 Å². The van der Waals surface area contributed by atoms with E-state index in [-0.39, 0.29) is 17.4 Å². The summed E-state index contributed by atoms with van der Waals surface area (Å²) < 4.78 is 1.98. The third-order valence-corrected chi connectivity index (χ3v) is 5.00. The predicted molar refractivity (Wildman–Crippen MR) is 110 cm³/mol. The molecule has 0 spiro atoms. The SMILES string of the molecule is CCn1c(SCC(=O)N/N=C(\C)c2ccc(O)cc2)nnc1-c1ccccc1. The van der Waals surface area contributed by atoms with Crippen LogP contribution in [-0.2, 0) is 11.3 Å². The second-order valence-electron chi connectivity index (χ2n) is 5.98. The Morgan fingerprint density at radius 1 is 1.14 bits per heavy atom. The predicted octanol–water partition coefficient (Wildman–Crippen LogP) is 3.30. The number of hydrogen-bond donors (Lipinski definition) is 2. The Hall–Kier alpha value is -3.13. The maximum atomic E-state index is 12.1. The molecule has 0 aliphatic rings. The lowest BCUT2D eigenvalue weighted by atomic mass is 10.1. The number of thioether (sulfide) groups is 1. The lowest BCUT2D eigenvalue weighted by molar-refractivity contribution is -0.118. The molecule has 0 aliphatic heterocycles. The van der Waals surface area contributed by atoms with Crippen molar-refractivity contribution in [2.75, 3.05) is 5.75 Å². The third kappa shape index (κ3) is 4.77. The van der Waals surface area contributed by atoms with Crippen LogP contribution in [0.15, 0.2) is 64.9 Å². The third-order valence-electron chi connectivity index (χ3n) is 4.03. The van der Waals surface area contributed by atoms with E-state index in [1.165, 1.54) is 11.8 Å². The van der Waals surface area contributed by atoms with E-state index in [0.717, 1.165) is 17.0 Å². The molecule has 1 heterocycles. The van der Waals surface area contributed by atoms with E-state index < -0.39 is 0 Å². The van der Waals surface area contributed by atoms with Gasteiger partial charge in [-0.05, 0) is 43.7 Å². The van der Waals surface area contributed by atoms with E-state index >= 15 is 0 Å². The van der Waals surface area contributed by atoms with E-state index in [9.17, 15) is 9.90 Å². The molecule has 3 rings (SSSR count). The summed E-state index contributed by atoms with van der Waals surface area (Å²) in [6, 6.07) is 16.5. The summed E-state index contributed by atoms with van der Waals surface area (Å²) >= 11 is 1.32. The maximum Gasteiger partial charge on any atom is 0.250 e. The van der Waals surface area contributed by atoms with Crippen LogP contribution in [0.3, 0.4) is 0 Å². The van der Waals surface area contributed by atoms with Gasteiger partial charge in [0.2, 0.25) is 0 Å². The van der Waals surface area contributed by atoms with Crippen molar-refractivity contribution in [3.8, 4) is 17.1 Å². The lowest BCUT2D eigenvalue weighted by Crippen LogP contribution is -2.21. The Kier molecular flexibility index (Phi) is 6.44. The van der Waals surface area contributed by atoms with E-state index in [2.05, 4.69) is 20.7 Å². The van der Waals surface area contributed by atoms with Crippen LogP contribution >= 0.6 is 11.8 Å². The number of rotatable bonds is 7. The Morgan fingerprint density at radius 2 is 1.86 bits per heavy atom. The molecule has 8 heteroatoms. The molecule has 0 radical (unpaired) electrons. The first-order valence-corrected chi connectivity index (χ1v) is 9.81. The van der Waals surface area contributed by atoms with Gasteiger partial charge < -0.3 is 9.67 Å². The first kappa shape index (κ1) is 19.6. The smallest absolute Gasteiger partial charge is 0.250 e. The summed E-state index contributed by atoms with van der Waals surface area (Å²) in [4.78, 5) is 12.1. The van der Waals surface area contributed by atoms with Crippen molar-refractivity contribution < 1.29 is 9.90 Å². The number of aromatic hydroxyl groups is 1. The maximum absolute atomic E-state index is 12.1. The van der Waals surface area contributed by atoms with E-state index in [0.29, 0.717) is 17.4 Å². The number of carbonyl (C=O) groups is 1. The number of phenols is 1. The number of aromatic nitrogens is 3. The van der Waals surface area contributed by atoms with Crippen LogP contribution in [0.1, 0.15) is 19.4 Å². The summed E-state index contributed by atoms with van der Waals surface area (Å²) in [6.07, 6.45) is 0. The minimum Gasteiger partial charge on any atom is -0.508 e. The zero-order valence-corrected chi connectivity index (χ0v) is 16.5. The standard InChI is InChI=1S/C20H21N5O2S/c1-3-25-19(16-7-5-4-6-8-16)23-24-20(25)28-13-18(27)22-21-14(2)15-9-11-17(26)12-10-15/h4-12,26H,3,13H2,1-2H3,(H,22,27)/b21-14+.